The molecule has 25 heavy (non-hydrogen) atoms. The van der Waals surface area contributed by atoms with Crippen molar-refractivity contribution in [2.24, 2.45) is 0 Å². The number of hydrogen-bond acceptors (Lipinski definition) is 4. The number of rotatable bonds is 2. The Morgan fingerprint density at radius 3 is 2.16 bits per heavy atom. The molecule has 2 rings (SSSR count). The van der Waals surface area contributed by atoms with E-state index in [1.165, 1.54) is 4.31 Å². The molecule has 1 aliphatic rings. The summed E-state index contributed by atoms with van der Waals surface area (Å²) >= 11 is 0. The first kappa shape index (κ1) is 19.7. The lowest BCUT2D eigenvalue weighted by atomic mass is 10.0. The Kier molecular flexibility index (Phi) is 5.21. The van der Waals surface area contributed by atoms with Crippen molar-refractivity contribution in [3.05, 3.63) is 29.8 Å². The summed E-state index contributed by atoms with van der Waals surface area (Å²) in [4.78, 5) is 14.2. The van der Waals surface area contributed by atoms with E-state index in [1.54, 1.807) is 29.2 Å². The maximum Gasteiger partial charge on any atom is 0.410 e. The van der Waals surface area contributed by atoms with E-state index < -0.39 is 27.3 Å². The molecule has 7 heteroatoms. The molecule has 0 aliphatic carbocycles. The average molecular weight is 368 g/mol. The molecule has 1 amide bonds. The molecule has 1 aromatic carbocycles. The number of aryl methyl sites for hydroxylation is 1. The summed E-state index contributed by atoms with van der Waals surface area (Å²) < 4.78 is 32.9. The highest BCUT2D eigenvalue weighted by Gasteiger charge is 2.43. The maximum atomic E-state index is 13.0. The SMILES string of the molecule is Cc1ccc(S(=O)(=O)N2CCN(C(=O)OC(C)(C)C)CC2(C)C)cc1. The van der Waals surface area contributed by atoms with Gasteiger partial charge < -0.3 is 9.64 Å². The summed E-state index contributed by atoms with van der Waals surface area (Å²) in [6.07, 6.45) is -0.409. The fourth-order valence-corrected chi connectivity index (χ4v) is 4.67. The van der Waals surface area contributed by atoms with Gasteiger partial charge in [-0.2, -0.15) is 4.31 Å². The van der Waals surface area contributed by atoms with Gasteiger partial charge in [-0.15, -0.1) is 0 Å². The Bertz CT molecular complexity index is 733. The second kappa shape index (κ2) is 6.61. The van der Waals surface area contributed by atoms with Crippen molar-refractivity contribution < 1.29 is 17.9 Å². The first-order chi connectivity index (χ1) is 11.3. The normalized spacial score (nSPS) is 18.9. The van der Waals surface area contributed by atoms with Crippen molar-refractivity contribution in [3.63, 3.8) is 0 Å². The molecule has 1 fully saturated rings. The summed E-state index contributed by atoms with van der Waals surface area (Å²) in [5, 5.41) is 0. The number of carbonyl (C=O) groups is 1. The van der Waals surface area contributed by atoms with Crippen LogP contribution < -0.4 is 0 Å². The highest BCUT2D eigenvalue weighted by Crippen LogP contribution is 2.29. The lowest BCUT2D eigenvalue weighted by Gasteiger charge is -2.45. The van der Waals surface area contributed by atoms with Gasteiger partial charge in [-0.25, -0.2) is 13.2 Å². The van der Waals surface area contributed by atoms with Gasteiger partial charge in [0.15, 0.2) is 0 Å². The van der Waals surface area contributed by atoms with Gasteiger partial charge in [-0.05, 0) is 53.7 Å². The van der Waals surface area contributed by atoms with Gasteiger partial charge in [-0.1, -0.05) is 17.7 Å². The lowest BCUT2D eigenvalue weighted by molar-refractivity contribution is 0.00352. The summed E-state index contributed by atoms with van der Waals surface area (Å²) in [6.45, 7) is 11.8. The number of amides is 1. The van der Waals surface area contributed by atoms with Gasteiger partial charge in [0, 0.05) is 25.2 Å². The topological polar surface area (TPSA) is 66.9 Å². The van der Waals surface area contributed by atoms with Crippen molar-refractivity contribution in [2.75, 3.05) is 19.6 Å². The smallest absolute Gasteiger partial charge is 0.410 e. The molecule has 0 aromatic heterocycles. The second-order valence-electron chi connectivity index (χ2n) is 8.10. The Morgan fingerprint density at radius 2 is 1.68 bits per heavy atom. The molecule has 0 unspecified atom stereocenters. The predicted molar refractivity (Wildman–Crippen MR) is 97.0 cm³/mol. The minimum absolute atomic E-state index is 0.239. The number of hydrogen-bond donors (Lipinski definition) is 0. The van der Waals surface area contributed by atoms with Crippen LogP contribution in [0.1, 0.15) is 40.2 Å². The highest BCUT2D eigenvalue weighted by atomic mass is 32.2. The Morgan fingerprint density at radius 1 is 1.12 bits per heavy atom. The average Bonchev–Trinajstić information content (AvgIpc) is 2.44. The van der Waals surface area contributed by atoms with Gasteiger partial charge in [0.2, 0.25) is 10.0 Å². The molecule has 140 valence electrons. The molecule has 6 nitrogen and oxygen atoms in total. The van der Waals surface area contributed by atoms with E-state index in [0.717, 1.165) is 5.56 Å². The number of piperazine rings is 1. The fourth-order valence-electron chi connectivity index (χ4n) is 2.90. The van der Waals surface area contributed by atoms with Crippen LogP contribution in [-0.2, 0) is 14.8 Å². The molecule has 0 radical (unpaired) electrons. The van der Waals surface area contributed by atoms with E-state index in [9.17, 15) is 13.2 Å². The Hall–Kier alpha value is -1.60. The minimum Gasteiger partial charge on any atom is -0.444 e. The van der Waals surface area contributed by atoms with Gasteiger partial charge in [0.1, 0.15) is 5.60 Å². The first-order valence-electron chi connectivity index (χ1n) is 8.40. The van der Waals surface area contributed by atoms with Gasteiger partial charge in [0.25, 0.3) is 0 Å². The van der Waals surface area contributed by atoms with E-state index in [2.05, 4.69) is 0 Å². The van der Waals surface area contributed by atoms with E-state index in [1.807, 2.05) is 41.5 Å². The molecule has 1 saturated heterocycles. The van der Waals surface area contributed by atoms with E-state index in [0.29, 0.717) is 6.54 Å². The Balaban J connectivity index is 2.20. The number of benzene rings is 1. The van der Waals surface area contributed by atoms with E-state index in [-0.39, 0.29) is 18.0 Å². The summed E-state index contributed by atoms with van der Waals surface area (Å²) in [7, 11) is -3.62. The minimum atomic E-state index is -3.62. The van der Waals surface area contributed by atoms with Gasteiger partial charge in [-0.3, -0.25) is 0 Å². The number of ether oxygens (including phenoxy) is 1. The van der Waals surface area contributed by atoms with Crippen molar-refractivity contribution in [1.29, 1.82) is 0 Å². The second-order valence-corrected chi connectivity index (χ2v) is 9.97. The standard InChI is InChI=1S/C18H28N2O4S/c1-14-7-9-15(10-8-14)25(22,23)20-12-11-19(13-18(20,5)6)16(21)24-17(2,3)4/h7-10H,11-13H2,1-6H3. The van der Waals surface area contributed by atoms with Crippen LogP contribution in [0.15, 0.2) is 29.2 Å². The highest BCUT2D eigenvalue weighted by molar-refractivity contribution is 7.89. The first-order valence-corrected chi connectivity index (χ1v) is 9.84. The molecule has 0 N–H and O–H groups in total. The third kappa shape index (κ3) is 4.52. The van der Waals surface area contributed by atoms with E-state index >= 15 is 0 Å². The molecule has 1 heterocycles. The van der Waals surface area contributed by atoms with Crippen LogP contribution in [0.25, 0.3) is 0 Å². The quantitative estimate of drug-likeness (QED) is 0.805. The Labute approximate surface area is 150 Å². The van der Waals surface area contributed by atoms with Crippen LogP contribution in [-0.4, -0.2) is 54.5 Å². The van der Waals surface area contributed by atoms with Crippen molar-refractivity contribution in [1.82, 2.24) is 9.21 Å². The maximum absolute atomic E-state index is 13.0. The number of carbonyl (C=O) groups excluding carboxylic acids is 1. The summed E-state index contributed by atoms with van der Waals surface area (Å²) in [5.41, 5.74) is -0.293. The summed E-state index contributed by atoms with van der Waals surface area (Å²) in [5.74, 6) is 0. The molecule has 0 atom stereocenters. The van der Waals surface area contributed by atoms with Gasteiger partial charge in [0.05, 0.1) is 4.90 Å². The van der Waals surface area contributed by atoms with Crippen LogP contribution in [0.4, 0.5) is 4.79 Å². The van der Waals surface area contributed by atoms with Gasteiger partial charge >= 0.3 is 6.09 Å². The van der Waals surface area contributed by atoms with Crippen molar-refractivity contribution >= 4 is 16.1 Å². The molecule has 0 saturated carbocycles. The molecule has 1 aliphatic heterocycles. The van der Waals surface area contributed by atoms with Crippen LogP contribution in [0.2, 0.25) is 0 Å². The monoisotopic (exact) mass is 368 g/mol. The van der Waals surface area contributed by atoms with E-state index in [4.69, 9.17) is 4.74 Å². The third-order valence-corrected chi connectivity index (χ3v) is 6.21. The molecule has 1 aromatic rings. The third-order valence-electron chi connectivity index (χ3n) is 4.09. The molecular formula is C18H28N2O4S. The molecule has 0 spiro atoms. The molecule has 0 bridgehead atoms. The van der Waals surface area contributed by atoms with Crippen molar-refractivity contribution in [2.45, 2.75) is 57.6 Å². The number of sulfonamides is 1. The molecular weight excluding hydrogens is 340 g/mol. The fraction of sp³-hybridized carbons (Fsp3) is 0.611. The zero-order valence-corrected chi connectivity index (χ0v) is 16.7. The zero-order valence-electron chi connectivity index (χ0n) is 15.9. The van der Waals surface area contributed by atoms with Crippen molar-refractivity contribution in [3.8, 4) is 0 Å². The van der Waals surface area contributed by atoms with Crippen LogP contribution in [0, 0.1) is 6.92 Å². The lowest BCUT2D eigenvalue weighted by Crippen LogP contribution is -2.62. The predicted octanol–water partition coefficient (Wildman–Crippen LogP) is 3.02. The largest absolute Gasteiger partial charge is 0.444 e. The van der Waals surface area contributed by atoms with Crippen LogP contribution in [0.5, 0.6) is 0 Å². The zero-order chi connectivity index (χ0) is 19.0. The van der Waals surface area contributed by atoms with Crippen LogP contribution in [0.3, 0.4) is 0 Å². The summed E-state index contributed by atoms with van der Waals surface area (Å²) in [6, 6.07) is 6.83. The number of nitrogens with zero attached hydrogens (tertiary/aromatic N) is 2. The van der Waals surface area contributed by atoms with Crippen LogP contribution >= 0.6 is 0 Å².